The number of carbonyl (C=O) groups excluding carboxylic acids is 4. The third-order valence-electron chi connectivity index (χ3n) is 21.5. The van der Waals surface area contributed by atoms with Crippen LogP contribution in [0.3, 0.4) is 0 Å². The SMILES string of the molecule is CCNC(=O)C(C)(C)Nc1cc(-c2c[nH]c3ncc(Cl)cc23)cc2cc(OC)c(OC)cc12.CC[C@H]1CC[C@H](C(=O)NCC(F)(F)F)N1c1ccnc(-c2c[nH]c3ncc(Cl)cc23)n1.COc1cc2nc(-c3c[nH]c4ncc(Cl)cc34)nc(NC(C)(C)C(=O)NCCF)c2cc1OC.C[C@H]1CC[C@H](C(=O)NCC(F)(F)F)N1c1nc(-c2c[nH]c3ncc(Cl)cc23)ncc1F.[HH].[HH].[HH].[HH]. The molecule has 0 radical (unpaired) electrons. The molecule has 0 spiro atoms. The second-order valence-electron chi connectivity index (χ2n) is 31.1. The van der Waals surface area contributed by atoms with E-state index < -0.39 is 72.9 Å². The van der Waals surface area contributed by atoms with Gasteiger partial charge in [0.05, 0.1) is 60.2 Å². The Morgan fingerprint density at radius 2 is 0.969 bits per heavy atom. The molecule has 686 valence electrons. The Bertz CT molecular complexity index is 6520. The lowest BCUT2D eigenvalue weighted by molar-refractivity contribution is -0.139. The number of nitrogens with one attached hydrogen (secondary N) is 10. The zero-order valence-corrected chi connectivity index (χ0v) is 74.2. The number of fused-ring (bicyclic) bond motifs is 6. The maximum atomic E-state index is 14.7. The average molecular weight is 1870 g/mol. The maximum Gasteiger partial charge on any atom is 0.405 e. The van der Waals surface area contributed by atoms with Crippen molar-refractivity contribution in [3.05, 3.63) is 155 Å². The molecule has 13 heterocycles. The van der Waals surface area contributed by atoms with Crippen molar-refractivity contribution in [2.24, 2.45) is 0 Å². The van der Waals surface area contributed by atoms with Crippen LogP contribution in [0.5, 0.6) is 23.0 Å². The molecule has 42 heteroatoms. The van der Waals surface area contributed by atoms with E-state index in [-0.39, 0.29) is 54.2 Å². The topological polar surface area (TPSA) is 376 Å². The fraction of sp³-hybridized carbons (Fsp3) is 0.333. The molecule has 2 saturated heterocycles. The van der Waals surface area contributed by atoms with Crippen molar-refractivity contribution < 1.29 is 79.0 Å². The summed E-state index contributed by atoms with van der Waals surface area (Å²) in [6.45, 7) is 9.72. The molecule has 14 aromatic rings. The Morgan fingerprint density at radius 1 is 0.504 bits per heavy atom. The first-order valence-electron chi connectivity index (χ1n) is 40.4. The van der Waals surface area contributed by atoms with Gasteiger partial charge in [0, 0.05) is 153 Å². The van der Waals surface area contributed by atoms with Crippen LogP contribution in [0.25, 0.3) is 111 Å². The number of nitrogens with zero attached hydrogens (tertiary/aromatic N) is 12. The fourth-order valence-corrected chi connectivity index (χ4v) is 15.9. The van der Waals surface area contributed by atoms with Gasteiger partial charge in [-0.3, -0.25) is 19.2 Å². The number of aromatic nitrogens is 14. The third-order valence-corrected chi connectivity index (χ3v) is 22.3. The lowest BCUT2D eigenvalue weighted by atomic mass is 9.97. The molecule has 3 aromatic carbocycles. The molecular formula is C87H96Cl4F8N22O8. The molecule has 10 N–H and O–H groups in total. The normalized spacial score (nSPS) is 15.2. The second kappa shape index (κ2) is 39.3. The third kappa shape index (κ3) is 21.3. The van der Waals surface area contributed by atoms with Crippen LogP contribution in [0.15, 0.2) is 129 Å². The molecule has 129 heavy (non-hydrogen) atoms. The summed E-state index contributed by atoms with van der Waals surface area (Å²) in [5.74, 6) is 1.19. The summed E-state index contributed by atoms with van der Waals surface area (Å²) >= 11 is 24.5. The Balaban J connectivity index is 0.000000197. The zero-order valence-electron chi connectivity index (χ0n) is 71.2. The highest BCUT2D eigenvalue weighted by Gasteiger charge is 2.42. The van der Waals surface area contributed by atoms with Crippen LogP contribution in [0.1, 0.15) is 86.3 Å². The average Bonchev–Trinajstić information content (AvgIpc) is 1.75. The van der Waals surface area contributed by atoms with Crippen LogP contribution >= 0.6 is 46.4 Å². The lowest BCUT2D eigenvalue weighted by Gasteiger charge is -2.30. The number of amides is 4. The van der Waals surface area contributed by atoms with E-state index in [1.165, 1.54) is 31.5 Å². The van der Waals surface area contributed by atoms with Crippen molar-refractivity contribution >= 4 is 159 Å². The molecule has 4 atom stereocenters. The van der Waals surface area contributed by atoms with Gasteiger partial charge >= 0.3 is 12.4 Å². The summed E-state index contributed by atoms with van der Waals surface area (Å²) in [5, 5.41) is 23.3. The summed E-state index contributed by atoms with van der Waals surface area (Å²) in [6, 6.07) is 18.2. The Labute approximate surface area is 757 Å². The van der Waals surface area contributed by atoms with Gasteiger partial charge in [0.15, 0.2) is 52.1 Å². The minimum Gasteiger partial charge on any atom is -0.493 e. The first kappa shape index (κ1) is 93.7. The van der Waals surface area contributed by atoms with E-state index in [0.717, 1.165) is 62.0 Å². The molecular weight excluding hydrogens is 1770 g/mol. The number of alkyl halides is 7. The number of rotatable bonds is 24. The van der Waals surface area contributed by atoms with Crippen molar-refractivity contribution in [3.8, 4) is 68.3 Å². The van der Waals surface area contributed by atoms with Crippen molar-refractivity contribution in [2.75, 3.05) is 81.7 Å². The molecule has 11 aromatic heterocycles. The number of anilines is 4. The Morgan fingerprint density at radius 3 is 1.48 bits per heavy atom. The van der Waals surface area contributed by atoms with Crippen LogP contribution in [0.2, 0.25) is 20.1 Å². The van der Waals surface area contributed by atoms with Crippen molar-refractivity contribution in [3.63, 3.8) is 0 Å². The number of halogens is 12. The second-order valence-corrected chi connectivity index (χ2v) is 32.8. The number of pyridine rings is 4. The fourth-order valence-electron chi connectivity index (χ4n) is 15.2. The van der Waals surface area contributed by atoms with Gasteiger partial charge in [-0.05, 0) is 145 Å². The molecule has 16 rings (SSSR count). The zero-order chi connectivity index (χ0) is 92.7. The van der Waals surface area contributed by atoms with Gasteiger partial charge in [-0.1, -0.05) is 53.3 Å². The summed E-state index contributed by atoms with van der Waals surface area (Å²) in [5.41, 5.74) is 5.75. The molecule has 0 aliphatic carbocycles. The number of ether oxygens (including phenoxy) is 4. The van der Waals surface area contributed by atoms with Crippen molar-refractivity contribution in [1.29, 1.82) is 0 Å². The first-order chi connectivity index (χ1) is 61.4. The van der Waals surface area contributed by atoms with Crippen LogP contribution < -0.4 is 60.6 Å². The lowest BCUT2D eigenvalue weighted by Crippen LogP contribution is -2.48. The summed E-state index contributed by atoms with van der Waals surface area (Å²) in [7, 11) is 6.28. The molecule has 0 bridgehead atoms. The number of benzene rings is 3. The molecule has 30 nitrogen and oxygen atoms in total. The highest BCUT2D eigenvalue weighted by molar-refractivity contribution is 6.32. The summed E-state index contributed by atoms with van der Waals surface area (Å²) < 4.78 is 124. The number of carbonyl (C=O) groups is 4. The van der Waals surface area contributed by atoms with E-state index in [1.54, 1.807) is 113 Å². The molecule has 0 unspecified atom stereocenters. The van der Waals surface area contributed by atoms with Crippen LogP contribution in [-0.4, -0.2) is 202 Å². The largest absolute Gasteiger partial charge is 0.493 e. The molecule has 2 aliphatic heterocycles. The number of hydrogen-bond acceptors (Lipinski definition) is 22. The van der Waals surface area contributed by atoms with Gasteiger partial charge in [0.25, 0.3) is 0 Å². The van der Waals surface area contributed by atoms with Gasteiger partial charge in [-0.2, -0.15) is 26.3 Å². The number of methoxy groups -OCH3 is 4. The number of aromatic amines is 4. The summed E-state index contributed by atoms with van der Waals surface area (Å²) in [4.78, 5) is 110. The van der Waals surface area contributed by atoms with Gasteiger partial charge in [0.2, 0.25) is 23.6 Å². The van der Waals surface area contributed by atoms with E-state index >= 15 is 0 Å². The van der Waals surface area contributed by atoms with Gasteiger partial charge in [-0.15, -0.1) is 0 Å². The highest BCUT2D eigenvalue weighted by Crippen LogP contribution is 2.44. The first-order valence-corrected chi connectivity index (χ1v) is 41.9. The predicted molar refractivity (Wildman–Crippen MR) is 488 cm³/mol. The monoisotopic (exact) mass is 1870 g/mol. The highest BCUT2D eigenvalue weighted by atomic mass is 35.5. The smallest absolute Gasteiger partial charge is 0.405 e. The minimum absolute atomic E-state index is 0. The Kier molecular flexibility index (Phi) is 28.6. The minimum atomic E-state index is -4.54. The van der Waals surface area contributed by atoms with E-state index in [2.05, 4.69) is 87.1 Å². The van der Waals surface area contributed by atoms with E-state index in [9.17, 15) is 54.3 Å². The predicted octanol–water partition coefficient (Wildman–Crippen LogP) is 18.4. The van der Waals surface area contributed by atoms with E-state index in [4.69, 9.17) is 75.3 Å². The van der Waals surface area contributed by atoms with Gasteiger partial charge in [-0.25, -0.2) is 58.6 Å². The standard InChI is InChI=1S/C25H27ClN4O3.C23H24ClFN6O3.C20H20ClF3N6O.C19H17ClF4N6O.4H2/c1-6-27-24(31)25(2,3)30-20-8-14(19-13-29-23-18(19)10-16(26)12-28-23)7-15-9-21(32-4)22(33-5)11-17(15)20;1-23(2,22(32)26-6-5-25)31-21-14-8-17(33-3)18(34-4)9-16(14)29-20(30-21)15-11-28-19-13(15)7-12(24)10-27-19;1-2-12-3-4-15(19(31)28-10-20(22,23)24)30(12)16-5-6-25-18(29-16)14-9-27-17-13(14)7-11(21)8-26-17;1-9-2-3-14(18(31)28-8-19(22,23)24)30(9)17-13(21)7-27-16(29-17)12-6-26-15-11(12)4-10(20)5-25-15;;;;/h7-13,30H,6H2,1-5H3,(H,27,31)(H,28,29);7-11H,5-6H2,1-4H3,(H,26,32)(H,27,28)(H,29,30,31);5-9,12,15H,2-4,10H2,1H3,(H,26,27)(H,28,31);4-7,9,14H,2-3,8H2,1H3,(H,25,26)(H,28,31);4*1H/t;;12-,15+;9-,14+;;;;/m..00..../s1. The molecule has 0 saturated carbocycles. The Hall–Kier alpha value is -12.9. The van der Waals surface area contributed by atoms with Crippen LogP contribution in [0, 0.1) is 5.82 Å². The van der Waals surface area contributed by atoms with Crippen LogP contribution in [-0.2, 0) is 19.2 Å². The van der Waals surface area contributed by atoms with Gasteiger partial charge < -0.3 is 80.6 Å². The van der Waals surface area contributed by atoms with Crippen molar-refractivity contribution in [1.82, 2.24) is 91.0 Å². The molecule has 2 fully saturated rings. The van der Waals surface area contributed by atoms with Crippen LogP contribution in [0.4, 0.5) is 58.3 Å². The van der Waals surface area contributed by atoms with Gasteiger partial charge in [0.1, 0.15) is 77.2 Å². The quantitative estimate of drug-likeness (QED) is 0.0251. The van der Waals surface area contributed by atoms with E-state index in [1.807, 2.05) is 68.8 Å². The molecule has 4 amide bonds. The van der Waals surface area contributed by atoms with Crippen molar-refractivity contribution in [2.45, 2.75) is 128 Å². The van der Waals surface area contributed by atoms with E-state index in [0.29, 0.717) is 142 Å². The number of hydrogen-bond donors (Lipinski definition) is 10. The number of H-pyrrole nitrogens is 4. The molecule has 2 aliphatic rings. The number of likely N-dealkylation sites (N-methyl/N-ethyl adjacent to an activating group) is 1. The maximum absolute atomic E-state index is 14.7. The summed E-state index contributed by atoms with van der Waals surface area (Å²) in [6.07, 6.45) is 9.34.